The molecule has 1 N–H and O–H groups in total. The molecule has 0 aromatic heterocycles. The Kier molecular flexibility index (Phi) is 4.92. The van der Waals surface area contributed by atoms with Gasteiger partial charge >= 0.3 is 0 Å². The zero-order valence-electron chi connectivity index (χ0n) is 13.4. The monoisotopic (exact) mass is 341 g/mol. The van der Waals surface area contributed by atoms with Crippen molar-refractivity contribution in [3.63, 3.8) is 0 Å². The highest BCUT2D eigenvalue weighted by atomic mass is 32.2. The van der Waals surface area contributed by atoms with E-state index in [1.807, 2.05) is 0 Å². The average Bonchev–Trinajstić information content (AvgIpc) is 3.28. The number of piperidine rings is 1. The van der Waals surface area contributed by atoms with E-state index in [1.54, 1.807) is 0 Å². The Morgan fingerprint density at radius 2 is 2.04 bits per heavy atom. The third-order valence-electron chi connectivity index (χ3n) is 5.04. The van der Waals surface area contributed by atoms with Crippen LogP contribution < -0.4 is 10.1 Å². The second-order valence-electron chi connectivity index (χ2n) is 6.75. The van der Waals surface area contributed by atoms with E-state index in [9.17, 15) is 12.8 Å². The summed E-state index contributed by atoms with van der Waals surface area (Å²) < 4.78 is 42.2. The lowest BCUT2D eigenvalue weighted by molar-refractivity contribution is 0.270. The number of hydrogen-bond acceptors (Lipinski definition) is 4. The van der Waals surface area contributed by atoms with Gasteiger partial charge in [-0.2, -0.15) is 0 Å². The summed E-state index contributed by atoms with van der Waals surface area (Å²) >= 11 is 0. The minimum Gasteiger partial charge on any atom is -0.491 e. The number of sulfone groups is 1. The van der Waals surface area contributed by atoms with E-state index in [2.05, 4.69) is 5.32 Å². The number of hydrogen-bond donors (Lipinski definition) is 1. The van der Waals surface area contributed by atoms with E-state index in [1.165, 1.54) is 31.4 Å². The van der Waals surface area contributed by atoms with Crippen LogP contribution in [0.25, 0.3) is 0 Å². The summed E-state index contributed by atoms with van der Waals surface area (Å²) in [7, 11) is -3.39. The number of nitrogens with one attached hydrogen (secondary N) is 1. The smallest absolute Gasteiger partial charge is 0.175 e. The summed E-state index contributed by atoms with van der Waals surface area (Å²) in [5.74, 6) is 1.89. The van der Waals surface area contributed by atoms with E-state index < -0.39 is 15.7 Å². The van der Waals surface area contributed by atoms with Gasteiger partial charge in [0.25, 0.3) is 0 Å². The first-order valence-electron chi connectivity index (χ1n) is 8.28. The van der Waals surface area contributed by atoms with Crippen LogP contribution in [0.3, 0.4) is 0 Å². The average molecular weight is 341 g/mol. The Bertz CT molecular complexity index is 656. The van der Waals surface area contributed by atoms with Gasteiger partial charge in [-0.3, -0.25) is 0 Å². The molecule has 3 rings (SSSR count). The molecular weight excluding hydrogens is 317 g/mol. The van der Waals surface area contributed by atoms with Gasteiger partial charge in [0.05, 0.1) is 11.5 Å². The molecule has 23 heavy (non-hydrogen) atoms. The molecule has 1 aromatic carbocycles. The van der Waals surface area contributed by atoms with Gasteiger partial charge in [0.15, 0.2) is 21.4 Å². The van der Waals surface area contributed by atoms with Crippen LogP contribution in [0.1, 0.15) is 25.7 Å². The van der Waals surface area contributed by atoms with Crippen LogP contribution in [0.4, 0.5) is 4.39 Å². The maximum absolute atomic E-state index is 13.9. The maximum Gasteiger partial charge on any atom is 0.175 e. The number of ether oxygens (including phenoxy) is 1. The lowest BCUT2D eigenvalue weighted by Gasteiger charge is -2.22. The molecule has 4 nitrogen and oxygen atoms in total. The Labute approximate surface area is 137 Å². The largest absolute Gasteiger partial charge is 0.491 e. The standard InChI is InChI=1S/C17H24FNO3S/c1-23(20,21)14-2-3-17(16(18)11-14)22-9-6-13-10-15(13)12-4-7-19-8-5-12/h2-3,11-13,15,19H,4-10H2,1H3/t13-,15-/m1/s1. The first kappa shape index (κ1) is 16.7. The fourth-order valence-electron chi connectivity index (χ4n) is 3.60. The predicted octanol–water partition coefficient (Wildman–Crippen LogP) is 2.63. The van der Waals surface area contributed by atoms with Gasteiger partial charge in [-0.1, -0.05) is 0 Å². The summed E-state index contributed by atoms with van der Waals surface area (Å²) in [5.41, 5.74) is 0. The molecule has 2 atom stereocenters. The SMILES string of the molecule is CS(=O)(=O)c1ccc(OCC[C@@H]2C[C@@H]2C2CCNCC2)c(F)c1. The molecule has 0 amide bonds. The normalized spacial score (nSPS) is 25.3. The Morgan fingerprint density at radius 3 is 2.70 bits per heavy atom. The molecular formula is C17H24FNO3S. The zero-order valence-corrected chi connectivity index (χ0v) is 14.2. The van der Waals surface area contributed by atoms with E-state index in [4.69, 9.17) is 4.74 Å². The molecule has 1 heterocycles. The summed E-state index contributed by atoms with van der Waals surface area (Å²) in [4.78, 5) is -0.0180. The van der Waals surface area contributed by atoms with Crippen LogP contribution >= 0.6 is 0 Å². The van der Waals surface area contributed by atoms with Gasteiger partial charge in [-0.05, 0) is 74.7 Å². The molecule has 1 saturated heterocycles. The number of halogens is 1. The molecule has 0 bridgehead atoms. The molecule has 1 aliphatic carbocycles. The summed E-state index contributed by atoms with van der Waals surface area (Å²) in [6, 6.07) is 3.82. The van der Waals surface area contributed by atoms with Crippen LogP contribution in [-0.4, -0.2) is 34.4 Å². The molecule has 1 aliphatic heterocycles. The van der Waals surface area contributed by atoms with Crippen molar-refractivity contribution in [2.75, 3.05) is 26.0 Å². The van der Waals surface area contributed by atoms with Crippen LogP contribution in [0.5, 0.6) is 5.75 Å². The highest BCUT2D eigenvalue weighted by molar-refractivity contribution is 7.90. The third kappa shape index (κ3) is 4.23. The molecule has 2 fully saturated rings. The van der Waals surface area contributed by atoms with Gasteiger partial charge in [-0.25, -0.2) is 12.8 Å². The van der Waals surface area contributed by atoms with Crippen molar-refractivity contribution < 1.29 is 17.5 Å². The second-order valence-corrected chi connectivity index (χ2v) is 8.76. The van der Waals surface area contributed by atoms with Crippen molar-refractivity contribution in [1.29, 1.82) is 0 Å². The van der Waals surface area contributed by atoms with Gasteiger partial charge in [-0.15, -0.1) is 0 Å². The minimum absolute atomic E-state index is 0.0180. The van der Waals surface area contributed by atoms with Crippen molar-refractivity contribution >= 4 is 9.84 Å². The lowest BCUT2D eigenvalue weighted by atomic mass is 9.91. The Morgan fingerprint density at radius 1 is 1.30 bits per heavy atom. The highest BCUT2D eigenvalue weighted by Crippen LogP contribution is 2.49. The van der Waals surface area contributed by atoms with Gasteiger partial charge in [0.2, 0.25) is 0 Å². The van der Waals surface area contributed by atoms with Crippen molar-refractivity contribution in [3.8, 4) is 5.75 Å². The molecule has 0 unspecified atom stereocenters. The van der Waals surface area contributed by atoms with Crippen molar-refractivity contribution in [1.82, 2.24) is 5.32 Å². The van der Waals surface area contributed by atoms with Crippen LogP contribution in [0.15, 0.2) is 23.1 Å². The van der Waals surface area contributed by atoms with E-state index >= 15 is 0 Å². The number of rotatable bonds is 6. The quantitative estimate of drug-likeness (QED) is 0.864. The molecule has 1 saturated carbocycles. The lowest BCUT2D eigenvalue weighted by Crippen LogP contribution is -2.29. The highest BCUT2D eigenvalue weighted by Gasteiger charge is 2.42. The third-order valence-corrected chi connectivity index (χ3v) is 6.15. The van der Waals surface area contributed by atoms with Crippen LogP contribution in [0, 0.1) is 23.6 Å². The van der Waals surface area contributed by atoms with Crippen molar-refractivity contribution in [2.45, 2.75) is 30.6 Å². The molecule has 0 radical (unpaired) electrons. The summed E-state index contributed by atoms with van der Waals surface area (Å²) in [6.45, 7) is 2.74. The molecule has 6 heteroatoms. The van der Waals surface area contributed by atoms with Crippen LogP contribution in [-0.2, 0) is 9.84 Å². The van der Waals surface area contributed by atoms with E-state index in [0.29, 0.717) is 12.5 Å². The molecule has 1 aromatic rings. The minimum atomic E-state index is -3.39. The van der Waals surface area contributed by atoms with E-state index in [0.717, 1.165) is 43.7 Å². The molecule has 128 valence electrons. The van der Waals surface area contributed by atoms with Crippen LogP contribution in [0.2, 0.25) is 0 Å². The van der Waals surface area contributed by atoms with Crippen molar-refractivity contribution in [3.05, 3.63) is 24.0 Å². The van der Waals surface area contributed by atoms with Gasteiger partial charge in [0.1, 0.15) is 0 Å². The second kappa shape index (κ2) is 6.77. The first-order valence-corrected chi connectivity index (χ1v) is 10.2. The maximum atomic E-state index is 13.9. The summed E-state index contributed by atoms with van der Waals surface area (Å²) in [5, 5.41) is 3.39. The zero-order chi connectivity index (χ0) is 16.4. The summed E-state index contributed by atoms with van der Waals surface area (Å²) in [6.07, 6.45) is 5.81. The molecule has 0 spiro atoms. The number of benzene rings is 1. The first-order chi connectivity index (χ1) is 10.9. The Balaban J connectivity index is 1.46. The van der Waals surface area contributed by atoms with Crippen molar-refractivity contribution in [2.24, 2.45) is 17.8 Å². The molecule has 2 aliphatic rings. The predicted molar refractivity (Wildman–Crippen MR) is 86.8 cm³/mol. The fourth-order valence-corrected chi connectivity index (χ4v) is 4.23. The van der Waals surface area contributed by atoms with Gasteiger partial charge < -0.3 is 10.1 Å². The fraction of sp³-hybridized carbons (Fsp3) is 0.647. The van der Waals surface area contributed by atoms with Gasteiger partial charge in [0, 0.05) is 6.26 Å². The van der Waals surface area contributed by atoms with E-state index in [-0.39, 0.29) is 10.6 Å². The Hall–Kier alpha value is -1.14. The topological polar surface area (TPSA) is 55.4 Å².